The first-order valence-electron chi connectivity index (χ1n) is 5.04. The molecule has 0 amide bonds. The lowest BCUT2D eigenvalue weighted by Crippen LogP contribution is -1.88. The van der Waals surface area contributed by atoms with E-state index in [1.165, 1.54) is 19.3 Å². The van der Waals surface area contributed by atoms with Gasteiger partial charge in [0, 0.05) is 0 Å². The first kappa shape index (κ1) is 13.6. The highest BCUT2D eigenvalue weighted by atomic mass is 14.0. The molecule has 1 atom stereocenters. The Kier molecular flexibility index (Phi) is 12.3. The highest BCUT2D eigenvalue weighted by molar-refractivity contribution is 4.45. The summed E-state index contributed by atoms with van der Waals surface area (Å²) in [7, 11) is 0. The van der Waals surface area contributed by atoms with Crippen LogP contribution in [0.3, 0.4) is 0 Å². The maximum absolute atomic E-state index is 2.31. The lowest BCUT2D eigenvalue weighted by Gasteiger charge is -2.02. The van der Waals surface area contributed by atoms with Crippen LogP contribution in [-0.2, 0) is 0 Å². The molecule has 0 nitrogen and oxygen atoms in total. The van der Waals surface area contributed by atoms with E-state index in [1.807, 2.05) is 0 Å². The molecular formula is C11H26. The zero-order valence-corrected chi connectivity index (χ0v) is 9.28. The Morgan fingerprint density at radius 2 is 1.27 bits per heavy atom. The predicted molar refractivity (Wildman–Crippen MR) is 54.9 cm³/mol. The van der Waals surface area contributed by atoms with Crippen molar-refractivity contribution in [2.24, 2.45) is 11.8 Å². The van der Waals surface area contributed by atoms with Crippen molar-refractivity contribution in [2.75, 3.05) is 0 Å². The first-order valence-corrected chi connectivity index (χ1v) is 5.04. The van der Waals surface area contributed by atoms with Crippen LogP contribution in [0.5, 0.6) is 0 Å². The van der Waals surface area contributed by atoms with Crippen molar-refractivity contribution in [2.45, 2.75) is 60.8 Å². The summed E-state index contributed by atoms with van der Waals surface area (Å²) in [5, 5.41) is 0. The lowest BCUT2D eigenvalue weighted by atomic mass is 10.0. The van der Waals surface area contributed by atoms with Crippen molar-refractivity contribution < 1.29 is 0 Å². The second-order valence-corrected chi connectivity index (χ2v) is 4.03. The van der Waals surface area contributed by atoms with Gasteiger partial charge >= 0.3 is 0 Å². The monoisotopic (exact) mass is 158 g/mol. The van der Waals surface area contributed by atoms with Crippen LogP contribution in [-0.4, -0.2) is 0 Å². The molecule has 0 saturated heterocycles. The average Bonchev–Trinajstić information content (AvgIpc) is 1.87. The largest absolute Gasteiger partial charge is 0.0654 e. The predicted octanol–water partition coefficient (Wildman–Crippen LogP) is 4.49. The fraction of sp³-hybridized carbons (Fsp3) is 1.00. The smallest absolute Gasteiger partial charge is 0.0446 e. The van der Waals surface area contributed by atoms with Crippen molar-refractivity contribution in [1.82, 2.24) is 0 Å². The van der Waals surface area contributed by atoms with Gasteiger partial charge in [-0.2, -0.15) is 0 Å². The van der Waals surface area contributed by atoms with Crippen molar-refractivity contribution in [1.29, 1.82) is 0 Å². The summed E-state index contributed by atoms with van der Waals surface area (Å²) in [4.78, 5) is 0. The summed E-state index contributed by atoms with van der Waals surface area (Å²) in [6.45, 7) is 13.3. The Balaban J connectivity index is 0. The second-order valence-electron chi connectivity index (χ2n) is 4.03. The van der Waals surface area contributed by atoms with Gasteiger partial charge in [-0.25, -0.2) is 0 Å². The zero-order chi connectivity index (χ0) is 9.28. The molecule has 0 heteroatoms. The van der Waals surface area contributed by atoms with E-state index in [0.29, 0.717) is 0 Å². The molecule has 0 aliphatic rings. The Labute approximate surface area is 73.4 Å². The Bertz CT molecular complexity index is 52.3. The average molecular weight is 158 g/mol. The van der Waals surface area contributed by atoms with Gasteiger partial charge in [-0.1, -0.05) is 60.8 Å². The fourth-order valence-corrected chi connectivity index (χ4v) is 0.697. The SMILES string of the molecule is CC(C)C.CCCC(C)CC. The number of rotatable bonds is 3. The van der Waals surface area contributed by atoms with Crippen molar-refractivity contribution in [3.05, 3.63) is 0 Å². The van der Waals surface area contributed by atoms with Gasteiger partial charge in [0.05, 0.1) is 0 Å². The van der Waals surface area contributed by atoms with Crippen LogP contribution >= 0.6 is 0 Å². The molecule has 0 radical (unpaired) electrons. The summed E-state index contributed by atoms with van der Waals surface area (Å²) in [5.74, 6) is 1.78. The van der Waals surface area contributed by atoms with Crippen LogP contribution in [0.2, 0.25) is 0 Å². The van der Waals surface area contributed by atoms with Crippen LogP contribution < -0.4 is 0 Å². The Morgan fingerprint density at radius 3 is 1.36 bits per heavy atom. The maximum atomic E-state index is 2.31. The summed E-state index contributed by atoms with van der Waals surface area (Å²) >= 11 is 0. The van der Waals surface area contributed by atoms with Gasteiger partial charge in [-0.3, -0.25) is 0 Å². The van der Waals surface area contributed by atoms with Gasteiger partial charge in [0.2, 0.25) is 0 Å². The van der Waals surface area contributed by atoms with Gasteiger partial charge in [0.25, 0.3) is 0 Å². The lowest BCUT2D eigenvalue weighted by molar-refractivity contribution is 0.509. The van der Waals surface area contributed by atoms with Crippen molar-refractivity contribution in [3.63, 3.8) is 0 Å². The van der Waals surface area contributed by atoms with E-state index < -0.39 is 0 Å². The molecule has 0 aromatic heterocycles. The summed E-state index contributed by atoms with van der Waals surface area (Å²) in [6, 6.07) is 0. The fourth-order valence-electron chi connectivity index (χ4n) is 0.697. The minimum absolute atomic E-state index is 0.833. The quantitative estimate of drug-likeness (QED) is 0.567. The van der Waals surface area contributed by atoms with Crippen LogP contribution in [0.1, 0.15) is 60.8 Å². The third-order valence-corrected chi connectivity index (χ3v) is 1.48. The minimum atomic E-state index is 0.833. The molecule has 0 aliphatic heterocycles. The molecule has 0 bridgehead atoms. The van der Waals surface area contributed by atoms with Crippen LogP contribution in [0.25, 0.3) is 0 Å². The molecule has 0 fully saturated rings. The maximum Gasteiger partial charge on any atom is -0.0446 e. The topological polar surface area (TPSA) is 0 Å². The molecule has 0 aliphatic carbocycles. The third kappa shape index (κ3) is 25.6. The highest BCUT2D eigenvalue weighted by Gasteiger charge is 1.92. The van der Waals surface area contributed by atoms with Crippen LogP contribution in [0.4, 0.5) is 0 Å². The standard InChI is InChI=1S/C7H16.C4H10/c1-4-6-7(3)5-2;1-4(2)3/h7H,4-6H2,1-3H3;4H,1-3H3. The van der Waals surface area contributed by atoms with Crippen LogP contribution in [0, 0.1) is 11.8 Å². The molecule has 1 unspecified atom stereocenters. The van der Waals surface area contributed by atoms with Gasteiger partial charge in [-0.15, -0.1) is 0 Å². The Hall–Kier alpha value is 0. The number of hydrogen-bond acceptors (Lipinski definition) is 0. The number of hydrogen-bond donors (Lipinski definition) is 0. The summed E-state index contributed by atoms with van der Waals surface area (Å²) < 4.78 is 0. The van der Waals surface area contributed by atoms with E-state index in [-0.39, 0.29) is 0 Å². The molecular weight excluding hydrogens is 132 g/mol. The summed E-state index contributed by atoms with van der Waals surface area (Å²) in [6.07, 6.45) is 4.08. The summed E-state index contributed by atoms with van der Waals surface area (Å²) in [5.41, 5.74) is 0. The van der Waals surface area contributed by atoms with E-state index in [9.17, 15) is 0 Å². The van der Waals surface area contributed by atoms with Crippen LogP contribution in [0.15, 0.2) is 0 Å². The van der Waals surface area contributed by atoms with Gasteiger partial charge in [-0.05, 0) is 11.8 Å². The molecule has 70 valence electrons. The Morgan fingerprint density at radius 1 is 0.909 bits per heavy atom. The normalized spacial score (nSPS) is 12.3. The van der Waals surface area contributed by atoms with Gasteiger partial charge in [0.1, 0.15) is 0 Å². The molecule has 11 heavy (non-hydrogen) atoms. The van der Waals surface area contributed by atoms with Gasteiger partial charge < -0.3 is 0 Å². The molecule has 0 spiro atoms. The molecule has 0 rings (SSSR count). The van der Waals surface area contributed by atoms with Crippen molar-refractivity contribution >= 4 is 0 Å². The minimum Gasteiger partial charge on any atom is -0.0654 e. The van der Waals surface area contributed by atoms with E-state index in [0.717, 1.165) is 11.8 Å². The molecule has 0 saturated carbocycles. The molecule has 0 N–H and O–H groups in total. The molecule has 0 aromatic carbocycles. The highest BCUT2D eigenvalue weighted by Crippen LogP contribution is 2.07. The van der Waals surface area contributed by atoms with E-state index in [2.05, 4.69) is 41.5 Å². The van der Waals surface area contributed by atoms with Gasteiger partial charge in [0.15, 0.2) is 0 Å². The van der Waals surface area contributed by atoms with E-state index in [1.54, 1.807) is 0 Å². The third-order valence-electron chi connectivity index (χ3n) is 1.48. The van der Waals surface area contributed by atoms with E-state index in [4.69, 9.17) is 0 Å². The molecule has 0 heterocycles. The second kappa shape index (κ2) is 10.0. The van der Waals surface area contributed by atoms with E-state index >= 15 is 0 Å². The first-order chi connectivity index (χ1) is 5.04. The zero-order valence-electron chi connectivity index (χ0n) is 9.28. The van der Waals surface area contributed by atoms with Crippen molar-refractivity contribution in [3.8, 4) is 0 Å². The molecule has 0 aromatic rings.